The Hall–Kier alpha value is -3.03. The quantitative estimate of drug-likeness (QED) is 0.743. The van der Waals surface area contributed by atoms with Gasteiger partial charge in [-0.2, -0.15) is 10.1 Å². The third-order valence-electron chi connectivity index (χ3n) is 5.40. The van der Waals surface area contributed by atoms with Gasteiger partial charge in [0.1, 0.15) is 5.54 Å². The molecule has 1 fully saturated rings. The molecule has 0 bridgehead atoms. The third kappa shape index (κ3) is 3.30. The molecule has 1 amide bonds. The zero-order valence-corrected chi connectivity index (χ0v) is 16.1. The number of carbonyl (C=O) groups excluding carboxylic acids is 1. The van der Waals surface area contributed by atoms with Crippen molar-refractivity contribution in [3.63, 3.8) is 0 Å². The summed E-state index contributed by atoms with van der Waals surface area (Å²) in [5, 5.41) is 12.8. The van der Waals surface area contributed by atoms with Crippen molar-refractivity contribution in [3.8, 4) is 0 Å². The van der Waals surface area contributed by atoms with Crippen molar-refractivity contribution in [1.82, 2.24) is 25.2 Å². The fraction of sp³-hybridized carbons (Fsp3) is 0.450. The van der Waals surface area contributed by atoms with E-state index in [0.29, 0.717) is 28.2 Å². The van der Waals surface area contributed by atoms with Gasteiger partial charge in [-0.1, -0.05) is 42.6 Å². The van der Waals surface area contributed by atoms with Crippen molar-refractivity contribution in [2.24, 2.45) is 7.05 Å². The van der Waals surface area contributed by atoms with Crippen LogP contribution in [0.4, 0.5) is 0 Å². The zero-order valence-electron chi connectivity index (χ0n) is 16.1. The summed E-state index contributed by atoms with van der Waals surface area (Å²) in [6.45, 7) is 1.75. The van der Waals surface area contributed by atoms with E-state index in [1.807, 2.05) is 18.2 Å². The van der Waals surface area contributed by atoms with Gasteiger partial charge >= 0.3 is 0 Å². The number of hydrogen-bond acceptors (Lipinski definition) is 6. The first kappa shape index (κ1) is 18.3. The van der Waals surface area contributed by atoms with Gasteiger partial charge in [0.05, 0.1) is 17.5 Å². The molecule has 1 aliphatic rings. The Kier molecular flexibility index (Phi) is 4.70. The summed E-state index contributed by atoms with van der Waals surface area (Å²) >= 11 is 0. The number of hydrogen-bond donors (Lipinski definition) is 1. The Morgan fingerprint density at radius 2 is 1.93 bits per heavy atom. The first-order valence-electron chi connectivity index (χ1n) is 9.55. The van der Waals surface area contributed by atoms with Crippen LogP contribution in [0.2, 0.25) is 0 Å². The molecule has 1 aliphatic carbocycles. The van der Waals surface area contributed by atoms with Gasteiger partial charge in [0.15, 0.2) is 5.82 Å². The highest BCUT2D eigenvalue weighted by Crippen LogP contribution is 2.35. The number of rotatable bonds is 4. The highest BCUT2D eigenvalue weighted by atomic mass is 16.5. The normalized spacial score (nSPS) is 16.2. The summed E-state index contributed by atoms with van der Waals surface area (Å²) in [5.41, 5.74) is -0.208. The Balaban J connectivity index is 1.64. The average molecular weight is 381 g/mol. The van der Waals surface area contributed by atoms with Crippen LogP contribution in [-0.4, -0.2) is 25.8 Å². The maximum absolute atomic E-state index is 13.0. The molecule has 0 atom stereocenters. The van der Waals surface area contributed by atoms with E-state index < -0.39 is 5.54 Å². The first-order valence-corrected chi connectivity index (χ1v) is 9.55. The van der Waals surface area contributed by atoms with Gasteiger partial charge in [-0.3, -0.25) is 9.59 Å². The molecule has 4 rings (SSSR count). The Labute approximate surface area is 161 Å². The van der Waals surface area contributed by atoms with E-state index >= 15 is 0 Å². The van der Waals surface area contributed by atoms with E-state index in [4.69, 9.17) is 4.52 Å². The fourth-order valence-electron chi connectivity index (χ4n) is 4.02. The van der Waals surface area contributed by atoms with Gasteiger partial charge in [0.25, 0.3) is 5.56 Å². The van der Waals surface area contributed by atoms with Crippen molar-refractivity contribution in [2.75, 3.05) is 0 Å². The molecule has 3 aromatic rings. The topological polar surface area (TPSA) is 103 Å². The Morgan fingerprint density at radius 1 is 1.21 bits per heavy atom. The van der Waals surface area contributed by atoms with Crippen molar-refractivity contribution in [2.45, 2.75) is 51.0 Å². The summed E-state index contributed by atoms with van der Waals surface area (Å²) < 4.78 is 6.45. The molecule has 0 aliphatic heterocycles. The van der Waals surface area contributed by atoms with Gasteiger partial charge in [0, 0.05) is 19.4 Å². The van der Waals surface area contributed by atoms with Crippen LogP contribution in [0, 0.1) is 6.92 Å². The maximum atomic E-state index is 13.0. The zero-order chi connectivity index (χ0) is 19.7. The molecule has 0 unspecified atom stereocenters. The lowest BCUT2D eigenvalue weighted by molar-refractivity contribution is -0.123. The second kappa shape index (κ2) is 7.18. The summed E-state index contributed by atoms with van der Waals surface area (Å²) in [6, 6.07) is 7.23. The Morgan fingerprint density at radius 3 is 2.61 bits per heavy atom. The van der Waals surface area contributed by atoms with E-state index in [0.717, 1.165) is 32.1 Å². The molecule has 146 valence electrons. The minimum Gasteiger partial charge on any atom is -0.343 e. The van der Waals surface area contributed by atoms with Crippen molar-refractivity contribution in [3.05, 3.63) is 52.0 Å². The van der Waals surface area contributed by atoms with Crippen LogP contribution in [0.1, 0.15) is 49.5 Å². The molecule has 2 heterocycles. The van der Waals surface area contributed by atoms with E-state index in [1.54, 1.807) is 20.0 Å². The van der Waals surface area contributed by atoms with Gasteiger partial charge in [-0.25, -0.2) is 4.68 Å². The lowest BCUT2D eigenvalue weighted by Crippen LogP contribution is -2.48. The Bertz CT molecular complexity index is 1080. The van der Waals surface area contributed by atoms with Crippen LogP contribution in [0.15, 0.2) is 33.6 Å². The molecular weight excluding hydrogens is 358 g/mol. The minimum absolute atomic E-state index is 0.0766. The molecule has 0 spiro atoms. The number of benzene rings is 1. The van der Waals surface area contributed by atoms with E-state index in [2.05, 4.69) is 20.6 Å². The molecule has 1 N–H and O–H groups in total. The number of nitrogens with one attached hydrogen (secondary N) is 1. The van der Waals surface area contributed by atoms with Crippen molar-refractivity contribution < 1.29 is 9.32 Å². The van der Waals surface area contributed by atoms with Crippen molar-refractivity contribution >= 4 is 16.7 Å². The maximum Gasteiger partial charge on any atom is 0.274 e. The molecule has 2 aromatic heterocycles. The molecule has 8 heteroatoms. The van der Waals surface area contributed by atoms with E-state index in [9.17, 15) is 9.59 Å². The predicted molar refractivity (Wildman–Crippen MR) is 103 cm³/mol. The minimum atomic E-state index is -0.608. The number of carbonyl (C=O) groups is 1. The predicted octanol–water partition coefficient (Wildman–Crippen LogP) is 2.14. The van der Waals surface area contributed by atoms with Crippen LogP contribution >= 0.6 is 0 Å². The molecule has 1 saturated carbocycles. The number of aryl methyl sites for hydroxylation is 2. The van der Waals surface area contributed by atoms with Crippen LogP contribution in [0.5, 0.6) is 0 Å². The molecule has 28 heavy (non-hydrogen) atoms. The fourth-order valence-corrected chi connectivity index (χ4v) is 4.02. The molecule has 8 nitrogen and oxygen atoms in total. The van der Waals surface area contributed by atoms with Gasteiger partial charge in [0.2, 0.25) is 11.8 Å². The van der Waals surface area contributed by atoms with Gasteiger partial charge in [-0.15, -0.1) is 0 Å². The SMILES string of the molecule is Cc1nc(C2(NC(=O)Cc3nn(C)c(=O)c4ccccc34)CCCCC2)no1. The van der Waals surface area contributed by atoms with Crippen LogP contribution in [0.25, 0.3) is 10.8 Å². The smallest absolute Gasteiger partial charge is 0.274 e. The summed E-state index contributed by atoms with van der Waals surface area (Å²) in [4.78, 5) is 29.7. The number of amides is 1. The van der Waals surface area contributed by atoms with Crippen LogP contribution in [0.3, 0.4) is 0 Å². The molecule has 0 saturated heterocycles. The highest BCUT2D eigenvalue weighted by Gasteiger charge is 2.39. The summed E-state index contributed by atoms with van der Waals surface area (Å²) in [6.07, 6.45) is 4.75. The van der Waals surface area contributed by atoms with Crippen molar-refractivity contribution in [1.29, 1.82) is 0 Å². The van der Waals surface area contributed by atoms with Gasteiger partial charge in [-0.05, 0) is 18.9 Å². The standard InChI is InChI=1S/C20H23N5O3/c1-13-21-19(24-28-13)20(10-6-3-7-11-20)22-17(26)12-16-14-8-4-5-9-15(14)18(27)25(2)23-16/h4-5,8-9H,3,6-7,10-12H2,1-2H3,(H,22,26). The first-order chi connectivity index (χ1) is 13.5. The van der Waals surface area contributed by atoms with E-state index in [-0.39, 0.29) is 17.9 Å². The summed E-state index contributed by atoms with van der Waals surface area (Å²) in [5.74, 6) is 0.858. The number of aromatic nitrogens is 4. The highest BCUT2D eigenvalue weighted by molar-refractivity contribution is 5.88. The lowest BCUT2D eigenvalue weighted by Gasteiger charge is -2.35. The molecule has 0 radical (unpaired) electrons. The largest absolute Gasteiger partial charge is 0.343 e. The second-order valence-electron chi connectivity index (χ2n) is 7.43. The molecular formula is C20H23N5O3. The summed E-state index contributed by atoms with van der Waals surface area (Å²) in [7, 11) is 1.60. The average Bonchev–Trinajstić information content (AvgIpc) is 3.14. The molecule has 1 aromatic carbocycles. The third-order valence-corrected chi connectivity index (χ3v) is 5.40. The number of fused-ring (bicyclic) bond motifs is 1. The number of nitrogens with zero attached hydrogens (tertiary/aromatic N) is 4. The monoisotopic (exact) mass is 381 g/mol. The lowest BCUT2D eigenvalue weighted by atomic mass is 9.81. The van der Waals surface area contributed by atoms with E-state index in [1.165, 1.54) is 4.68 Å². The second-order valence-corrected chi connectivity index (χ2v) is 7.43. The van der Waals surface area contributed by atoms with Crippen LogP contribution < -0.4 is 10.9 Å². The van der Waals surface area contributed by atoms with Gasteiger partial charge < -0.3 is 9.84 Å². The van der Waals surface area contributed by atoms with Crippen LogP contribution in [-0.2, 0) is 23.8 Å².